The average Bonchev–Trinajstić information content (AvgIpc) is 2.33. The SMILES string of the molecule is CCCCN=C(CC)[C@H](Cl)[C@@H](O)[C@H](O)CCO. The number of aliphatic hydroxyl groups is 3. The Morgan fingerprint density at radius 1 is 1.29 bits per heavy atom. The molecule has 3 N–H and O–H groups in total. The van der Waals surface area contributed by atoms with E-state index in [0.717, 1.165) is 12.8 Å². The standard InChI is InChI=1S/C12H24ClNO3/c1-3-5-7-14-9(4-2)11(13)12(17)10(16)6-8-15/h10-12,15-17H,3-8H2,1-2H3/t10-,11+,12+/m1/s1. The van der Waals surface area contributed by atoms with Gasteiger partial charge in [-0.3, -0.25) is 4.99 Å². The van der Waals surface area contributed by atoms with Crippen LogP contribution in [0, 0.1) is 0 Å². The molecule has 0 saturated carbocycles. The van der Waals surface area contributed by atoms with E-state index in [1.54, 1.807) is 0 Å². The van der Waals surface area contributed by atoms with Crippen molar-refractivity contribution < 1.29 is 15.3 Å². The predicted molar refractivity (Wildman–Crippen MR) is 70.9 cm³/mol. The second-order valence-corrected chi connectivity index (χ2v) is 4.52. The highest BCUT2D eigenvalue weighted by atomic mass is 35.5. The highest BCUT2D eigenvalue weighted by molar-refractivity contribution is 6.32. The van der Waals surface area contributed by atoms with Crippen LogP contribution in [0.2, 0.25) is 0 Å². The van der Waals surface area contributed by atoms with Crippen LogP contribution in [0.15, 0.2) is 4.99 Å². The summed E-state index contributed by atoms with van der Waals surface area (Å²) in [6.07, 6.45) is 0.734. The number of halogens is 1. The van der Waals surface area contributed by atoms with E-state index in [2.05, 4.69) is 11.9 Å². The van der Waals surface area contributed by atoms with E-state index in [0.29, 0.717) is 18.7 Å². The summed E-state index contributed by atoms with van der Waals surface area (Å²) in [4.78, 5) is 4.35. The molecule has 0 aromatic heterocycles. The smallest absolute Gasteiger partial charge is 0.102 e. The number of hydrogen-bond acceptors (Lipinski definition) is 4. The van der Waals surface area contributed by atoms with Gasteiger partial charge in [-0.25, -0.2) is 0 Å². The predicted octanol–water partition coefficient (Wildman–Crippen LogP) is 1.35. The number of unbranched alkanes of at least 4 members (excludes halogenated alkanes) is 1. The summed E-state index contributed by atoms with van der Waals surface area (Å²) in [6, 6.07) is 0. The fourth-order valence-corrected chi connectivity index (χ4v) is 1.86. The van der Waals surface area contributed by atoms with Crippen molar-refractivity contribution in [2.24, 2.45) is 4.99 Å². The Balaban J connectivity index is 4.40. The highest BCUT2D eigenvalue weighted by Gasteiger charge is 2.27. The van der Waals surface area contributed by atoms with Crippen molar-refractivity contribution in [1.82, 2.24) is 0 Å². The molecule has 17 heavy (non-hydrogen) atoms. The van der Waals surface area contributed by atoms with Gasteiger partial charge in [-0.2, -0.15) is 0 Å². The molecule has 0 heterocycles. The molecule has 3 atom stereocenters. The van der Waals surface area contributed by atoms with Crippen molar-refractivity contribution in [3.8, 4) is 0 Å². The first kappa shape index (κ1) is 16.8. The van der Waals surface area contributed by atoms with Gasteiger partial charge in [0, 0.05) is 18.9 Å². The first-order valence-electron chi connectivity index (χ1n) is 6.22. The normalized spacial score (nSPS) is 17.9. The molecule has 0 aromatic carbocycles. The Hall–Kier alpha value is -0.160. The fourth-order valence-electron chi connectivity index (χ4n) is 1.47. The zero-order valence-electron chi connectivity index (χ0n) is 10.6. The molecular formula is C12H24ClNO3. The van der Waals surface area contributed by atoms with Crippen LogP contribution >= 0.6 is 11.6 Å². The van der Waals surface area contributed by atoms with Gasteiger partial charge >= 0.3 is 0 Å². The van der Waals surface area contributed by atoms with Gasteiger partial charge in [-0.1, -0.05) is 20.3 Å². The molecule has 0 fully saturated rings. The number of hydrogen-bond donors (Lipinski definition) is 3. The topological polar surface area (TPSA) is 73.1 Å². The summed E-state index contributed by atoms with van der Waals surface area (Å²) in [5.41, 5.74) is 0.713. The maximum atomic E-state index is 9.80. The summed E-state index contributed by atoms with van der Waals surface area (Å²) < 4.78 is 0. The summed E-state index contributed by atoms with van der Waals surface area (Å²) in [7, 11) is 0. The second kappa shape index (κ2) is 9.83. The van der Waals surface area contributed by atoms with Crippen molar-refractivity contribution in [2.45, 2.75) is 57.1 Å². The molecule has 0 saturated heterocycles. The maximum absolute atomic E-state index is 9.80. The van der Waals surface area contributed by atoms with Gasteiger partial charge in [0.1, 0.15) is 6.10 Å². The molecule has 0 rings (SSSR count). The van der Waals surface area contributed by atoms with Gasteiger partial charge < -0.3 is 15.3 Å². The Morgan fingerprint density at radius 3 is 2.41 bits per heavy atom. The van der Waals surface area contributed by atoms with Crippen LogP contribution in [0.25, 0.3) is 0 Å². The monoisotopic (exact) mass is 265 g/mol. The third kappa shape index (κ3) is 6.36. The van der Waals surface area contributed by atoms with Crippen LogP contribution in [0.1, 0.15) is 39.5 Å². The third-order valence-electron chi connectivity index (χ3n) is 2.63. The third-order valence-corrected chi connectivity index (χ3v) is 3.14. The molecule has 102 valence electrons. The molecule has 5 heteroatoms. The maximum Gasteiger partial charge on any atom is 0.102 e. The van der Waals surface area contributed by atoms with Crippen LogP contribution in [0.5, 0.6) is 0 Å². The molecule has 0 radical (unpaired) electrons. The highest BCUT2D eigenvalue weighted by Crippen LogP contribution is 2.14. The van der Waals surface area contributed by atoms with E-state index in [9.17, 15) is 10.2 Å². The summed E-state index contributed by atoms with van der Waals surface area (Å²) >= 11 is 6.08. The lowest BCUT2D eigenvalue weighted by atomic mass is 10.0. The van der Waals surface area contributed by atoms with Gasteiger partial charge in [0.25, 0.3) is 0 Å². The van der Waals surface area contributed by atoms with Gasteiger partial charge in [0.2, 0.25) is 0 Å². The van der Waals surface area contributed by atoms with Gasteiger partial charge in [-0.05, 0) is 19.3 Å². The summed E-state index contributed by atoms with van der Waals surface area (Å²) in [5.74, 6) is 0. The van der Waals surface area contributed by atoms with Crippen molar-refractivity contribution in [3.63, 3.8) is 0 Å². The zero-order valence-corrected chi connectivity index (χ0v) is 11.4. The molecule has 0 aliphatic carbocycles. The van der Waals surface area contributed by atoms with Crippen LogP contribution in [-0.4, -0.2) is 51.8 Å². The Kier molecular flexibility index (Phi) is 9.74. The molecular weight excluding hydrogens is 242 g/mol. The minimum absolute atomic E-state index is 0.121. The molecule has 0 aliphatic heterocycles. The van der Waals surface area contributed by atoms with Crippen molar-refractivity contribution in [3.05, 3.63) is 0 Å². The van der Waals surface area contributed by atoms with Gasteiger partial charge in [0.15, 0.2) is 0 Å². The lowest BCUT2D eigenvalue weighted by Gasteiger charge is -2.22. The molecule has 4 nitrogen and oxygen atoms in total. The number of nitrogens with zero attached hydrogens (tertiary/aromatic N) is 1. The largest absolute Gasteiger partial charge is 0.396 e. The zero-order chi connectivity index (χ0) is 13.3. The van der Waals surface area contributed by atoms with E-state index >= 15 is 0 Å². The molecule has 0 spiro atoms. The summed E-state index contributed by atoms with van der Waals surface area (Å²) in [5, 5.41) is 27.4. The lowest BCUT2D eigenvalue weighted by molar-refractivity contribution is 0.0113. The van der Waals surface area contributed by atoms with E-state index < -0.39 is 17.6 Å². The molecule has 0 aliphatic rings. The minimum Gasteiger partial charge on any atom is -0.396 e. The van der Waals surface area contributed by atoms with E-state index in [-0.39, 0.29) is 13.0 Å². The number of aliphatic hydroxyl groups excluding tert-OH is 3. The van der Waals surface area contributed by atoms with Crippen LogP contribution in [0.3, 0.4) is 0 Å². The first-order chi connectivity index (χ1) is 8.08. The quantitative estimate of drug-likeness (QED) is 0.335. The van der Waals surface area contributed by atoms with Crippen molar-refractivity contribution in [1.29, 1.82) is 0 Å². The Morgan fingerprint density at radius 2 is 1.94 bits per heavy atom. The van der Waals surface area contributed by atoms with Crippen LogP contribution in [0.4, 0.5) is 0 Å². The number of alkyl halides is 1. The molecule has 0 bridgehead atoms. The Labute approximate surface area is 108 Å². The van der Waals surface area contributed by atoms with Crippen LogP contribution < -0.4 is 0 Å². The molecule has 0 amide bonds. The lowest BCUT2D eigenvalue weighted by Crippen LogP contribution is -2.39. The summed E-state index contributed by atoms with van der Waals surface area (Å²) in [6.45, 7) is 4.53. The van der Waals surface area contributed by atoms with E-state index in [1.807, 2.05) is 6.92 Å². The molecule has 0 aromatic rings. The van der Waals surface area contributed by atoms with Crippen molar-refractivity contribution >= 4 is 17.3 Å². The van der Waals surface area contributed by atoms with Crippen LogP contribution in [-0.2, 0) is 0 Å². The fraction of sp³-hybridized carbons (Fsp3) is 0.917. The average molecular weight is 266 g/mol. The van der Waals surface area contributed by atoms with E-state index in [4.69, 9.17) is 16.7 Å². The number of aliphatic imine (C=N–C) groups is 1. The molecule has 0 unspecified atom stereocenters. The first-order valence-corrected chi connectivity index (χ1v) is 6.66. The van der Waals surface area contributed by atoms with E-state index in [1.165, 1.54) is 0 Å². The number of rotatable bonds is 9. The van der Waals surface area contributed by atoms with Gasteiger partial charge in [0.05, 0.1) is 11.5 Å². The van der Waals surface area contributed by atoms with Crippen molar-refractivity contribution in [2.75, 3.05) is 13.2 Å². The Bertz CT molecular complexity index is 224. The minimum atomic E-state index is -1.08. The van der Waals surface area contributed by atoms with Gasteiger partial charge in [-0.15, -0.1) is 11.6 Å². The second-order valence-electron chi connectivity index (χ2n) is 4.05.